The summed E-state index contributed by atoms with van der Waals surface area (Å²) in [6, 6.07) is 15.9. The van der Waals surface area contributed by atoms with Crippen molar-refractivity contribution in [3.05, 3.63) is 86.1 Å². The second-order valence-electron chi connectivity index (χ2n) is 5.14. The molecule has 0 radical (unpaired) electrons. The van der Waals surface area contributed by atoms with Crippen molar-refractivity contribution < 1.29 is 0 Å². The Morgan fingerprint density at radius 2 is 0.923 bits per heavy atom. The van der Waals surface area contributed by atoms with E-state index in [4.69, 9.17) is 46.4 Å². The molecule has 0 N–H and O–H groups in total. The summed E-state index contributed by atoms with van der Waals surface area (Å²) in [5.74, 6) is 0. The number of pyridine rings is 1. The molecule has 0 aliphatic carbocycles. The largest absolute Gasteiger partial charge is 0.251 e. The highest BCUT2D eigenvalue weighted by Gasteiger charge is 2.04. The first-order chi connectivity index (χ1) is 12.5. The van der Waals surface area contributed by atoms with Gasteiger partial charge in [0.15, 0.2) is 0 Å². The summed E-state index contributed by atoms with van der Waals surface area (Å²) >= 11 is 24.4. The topological polar surface area (TPSA) is 37.6 Å². The van der Waals surface area contributed by atoms with E-state index in [0.717, 1.165) is 0 Å². The van der Waals surface area contributed by atoms with E-state index in [2.05, 4.69) is 15.0 Å². The minimum Gasteiger partial charge on any atom is -0.251 e. The Hall–Kier alpha value is -1.91. The molecule has 0 fully saturated rings. The third-order valence-corrected chi connectivity index (χ3v) is 4.54. The SMILES string of the molecule is Clc1cccc(Cl)c1N=Cc1cccc(C=Nc2c(Cl)cccc2Cl)n1. The Labute approximate surface area is 170 Å². The van der Waals surface area contributed by atoms with Gasteiger partial charge in [0.2, 0.25) is 0 Å². The third kappa shape index (κ3) is 4.63. The lowest BCUT2D eigenvalue weighted by Gasteiger charge is -2.01. The van der Waals surface area contributed by atoms with Gasteiger partial charge in [-0.3, -0.25) is 9.98 Å². The van der Waals surface area contributed by atoms with Gasteiger partial charge in [-0.1, -0.05) is 64.6 Å². The fraction of sp³-hybridized carbons (Fsp3) is 0. The maximum atomic E-state index is 6.11. The molecule has 0 saturated carbocycles. The van der Waals surface area contributed by atoms with E-state index in [1.807, 2.05) is 18.2 Å². The standard InChI is InChI=1S/C19H11Cl4N3/c20-14-6-2-7-15(21)18(14)24-10-12-4-1-5-13(26-12)11-25-19-16(22)8-3-9-17(19)23/h1-11H. The van der Waals surface area contributed by atoms with Crippen LogP contribution in [0, 0.1) is 0 Å². The molecule has 3 rings (SSSR count). The number of para-hydroxylation sites is 2. The second-order valence-corrected chi connectivity index (χ2v) is 6.77. The zero-order chi connectivity index (χ0) is 18.5. The highest BCUT2D eigenvalue weighted by Crippen LogP contribution is 2.33. The van der Waals surface area contributed by atoms with Gasteiger partial charge >= 0.3 is 0 Å². The molecule has 0 spiro atoms. The molecular weight excluding hydrogens is 412 g/mol. The van der Waals surface area contributed by atoms with Crippen molar-refractivity contribution in [2.24, 2.45) is 9.98 Å². The predicted octanol–water partition coefficient (Wildman–Crippen LogP) is 7.20. The molecule has 0 aliphatic rings. The molecule has 0 saturated heterocycles. The Bertz CT molecular complexity index is 883. The fourth-order valence-corrected chi connectivity index (χ4v) is 3.09. The number of aliphatic imine (C=N–C) groups is 2. The Kier molecular flexibility index (Phi) is 6.28. The smallest absolute Gasteiger partial charge is 0.100 e. The molecule has 26 heavy (non-hydrogen) atoms. The van der Waals surface area contributed by atoms with E-state index in [1.165, 1.54) is 0 Å². The lowest BCUT2D eigenvalue weighted by atomic mass is 10.3. The minimum atomic E-state index is 0.472. The summed E-state index contributed by atoms with van der Waals surface area (Å²) in [7, 11) is 0. The highest BCUT2D eigenvalue weighted by atomic mass is 35.5. The minimum absolute atomic E-state index is 0.472. The summed E-state index contributed by atoms with van der Waals surface area (Å²) in [5.41, 5.74) is 2.27. The van der Waals surface area contributed by atoms with E-state index >= 15 is 0 Å². The highest BCUT2D eigenvalue weighted by molar-refractivity contribution is 6.39. The maximum absolute atomic E-state index is 6.11. The Morgan fingerprint density at radius 3 is 1.31 bits per heavy atom. The van der Waals surface area contributed by atoms with Crippen molar-refractivity contribution in [2.75, 3.05) is 0 Å². The van der Waals surface area contributed by atoms with Crippen LogP contribution in [-0.2, 0) is 0 Å². The van der Waals surface area contributed by atoms with E-state index in [-0.39, 0.29) is 0 Å². The molecule has 2 aromatic carbocycles. The number of rotatable bonds is 4. The molecule has 0 atom stereocenters. The molecule has 1 heterocycles. The first-order valence-corrected chi connectivity index (χ1v) is 8.99. The van der Waals surface area contributed by atoms with Crippen molar-refractivity contribution in [3.63, 3.8) is 0 Å². The van der Waals surface area contributed by atoms with E-state index in [9.17, 15) is 0 Å². The zero-order valence-electron chi connectivity index (χ0n) is 13.2. The molecular formula is C19H11Cl4N3. The normalized spacial score (nSPS) is 11.5. The van der Waals surface area contributed by atoms with Gasteiger partial charge in [0, 0.05) is 0 Å². The van der Waals surface area contributed by atoms with Crippen LogP contribution in [0.15, 0.2) is 64.6 Å². The van der Waals surface area contributed by atoms with Crippen LogP contribution in [0.2, 0.25) is 20.1 Å². The molecule has 3 nitrogen and oxygen atoms in total. The second kappa shape index (κ2) is 8.65. The number of halogens is 4. The molecule has 7 heteroatoms. The van der Waals surface area contributed by atoms with Crippen molar-refractivity contribution >= 4 is 70.2 Å². The molecule has 0 bridgehead atoms. The van der Waals surface area contributed by atoms with Crippen LogP contribution >= 0.6 is 46.4 Å². The van der Waals surface area contributed by atoms with Crippen LogP contribution < -0.4 is 0 Å². The summed E-state index contributed by atoms with van der Waals surface area (Å²) in [4.78, 5) is 13.1. The van der Waals surface area contributed by atoms with Gasteiger partial charge in [-0.05, 0) is 36.4 Å². The van der Waals surface area contributed by atoms with Gasteiger partial charge in [-0.25, -0.2) is 4.98 Å². The van der Waals surface area contributed by atoms with Gasteiger partial charge in [-0.2, -0.15) is 0 Å². The predicted molar refractivity (Wildman–Crippen MR) is 112 cm³/mol. The van der Waals surface area contributed by atoms with Crippen molar-refractivity contribution in [2.45, 2.75) is 0 Å². The van der Waals surface area contributed by atoms with E-state index < -0.39 is 0 Å². The average Bonchev–Trinajstić information content (AvgIpc) is 2.61. The van der Waals surface area contributed by atoms with Crippen LogP contribution in [0.5, 0.6) is 0 Å². The number of nitrogens with zero attached hydrogens (tertiary/aromatic N) is 3. The quantitative estimate of drug-likeness (QED) is 0.409. The average molecular weight is 423 g/mol. The van der Waals surface area contributed by atoms with Gasteiger partial charge in [-0.15, -0.1) is 0 Å². The van der Waals surface area contributed by atoms with Gasteiger partial charge in [0.1, 0.15) is 11.4 Å². The lowest BCUT2D eigenvalue weighted by Crippen LogP contribution is -1.93. The van der Waals surface area contributed by atoms with Gasteiger partial charge < -0.3 is 0 Å². The van der Waals surface area contributed by atoms with Crippen LogP contribution in [0.25, 0.3) is 0 Å². The molecule has 1 aromatic heterocycles. The molecule has 130 valence electrons. The molecule has 0 amide bonds. The maximum Gasteiger partial charge on any atom is 0.100 e. The lowest BCUT2D eigenvalue weighted by molar-refractivity contribution is 1.27. The number of hydrogen-bond donors (Lipinski definition) is 0. The van der Waals surface area contributed by atoms with Crippen LogP contribution in [0.4, 0.5) is 11.4 Å². The Morgan fingerprint density at radius 1 is 0.577 bits per heavy atom. The Balaban J connectivity index is 1.85. The number of benzene rings is 2. The van der Waals surface area contributed by atoms with Crippen molar-refractivity contribution in [3.8, 4) is 0 Å². The van der Waals surface area contributed by atoms with Gasteiger partial charge in [0.25, 0.3) is 0 Å². The van der Waals surface area contributed by atoms with Crippen molar-refractivity contribution in [1.82, 2.24) is 4.98 Å². The summed E-state index contributed by atoms with van der Waals surface area (Å²) in [5, 5.41) is 1.89. The number of hydrogen-bond acceptors (Lipinski definition) is 3. The fourth-order valence-electron chi connectivity index (χ4n) is 2.10. The van der Waals surface area contributed by atoms with Crippen LogP contribution in [0.3, 0.4) is 0 Å². The van der Waals surface area contributed by atoms with Crippen LogP contribution in [-0.4, -0.2) is 17.4 Å². The molecule has 3 aromatic rings. The van der Waals surface area contributed by atoms with Crippen LogP contribution in [0.1, 0.15) is 11.4 Å². The monoisotopic (exact) mass is 421 g/mol. The zero-order valence-corrected chi connectivity index (χ0v) is 16.2. The summed E-state index contributed by atoms with van der Waals surface area (Å²) in [6.45, 7) is 0. The van der Waals surface area contributed by atoms with E-state index in [1.54, 1.807) is 48.8 Å². The molecule has 0 aliphatic heterocycles. The third-order valence-electron chi connectivity index (χ3n) is 3.32. The van der Waals surface area contributed by atoms with Crippen molar-refractivity contribution in [1.29, 1.82) is 0 Å². The first-order valence-electron chi connectivity index (χ1n) is 7.48. The van der Waals surface area contributed by atoms with E-state index in [0.29, 0.717) is 42.9 Å². The summed E-state index contributed by atoms with van der Waals surface area (Å²) < 4.78 is 0. The van der Waals surface area contributed by atoms with Gasteiger partial charge in [0.05, 0.1) is 43.9 Å². The summed E-state index contributed by atoms with van der Waals surface area (Å²) in [6.07, 6.45) is 3.18. The first kappa shape index (κ1) is 18.9. The number of aromatic nitrogens is 1. The molecule has 0 unspecified atom stereocenters.